The molecule has 2 aromatic rings. The number of hydrogen-bond acceptors (Lipinski definition) is 6. The summed E-state index contributed by atoms with van der Waals surface area (Å²) in [5.74, 6) is -0.975. The van der Waals surface area contributed by atoms with Gasteiger partial charge in [0, 0.05) is 13.6 Å². The van der Waals surface area contributed by atoms with E-state index in [1.165, 1.54) is 34.9 Å². The summed E-state index contributed by atoms with van der Waals surface area (Å²) in [5.41, 5.74) is -0.167. The summed E-state index contributed by atoms with van der Waals surface area (Å²) >= 11 is 7.49. The predicted octanol–water partition coefficient (Wildman–Crippen LogP) is 1.48. The molecule has 2 aromatic heterocycles. The van der Waals surface area contributed by atoms with Gasteiger partial charge in [0.25, 0.3) is 15.9 Å². The second-order valence-corrected chi connectivity index (χ2v) is 9.40. The Morgan fingerprint density at radius 2 is 2.15 bits per heavy atom. The average molecular weight is 431 g/mol. The minimum absolute atomic E-state index is 0.0862. The van der Waals surface area contributed by atoms with Crippen LogP contribution < -0.4 is 4.72 Å². The fraction of sp³-hybridized carbons (Fsp3) is 0.438. The Bertz CT molecular complexity index is 1000. The molecule has 3 rings (SSSR count). The third kappa shape index (κ3) is 3.48. The van der Waals surface area contributed by atoms with Crippen molar-refractivity contribution >= 4 is 44.8 Å². The van der Waals surface area contributed by atoms with Gasteiger partial charge in [-0.25, -0.2) is 13.1 Å². The smallest absolute Gasteiger partial charge is 0.269 e. The Labute approximate surface area is 166 Å². The number of thiophene rings is 1. The van der Waals surface area contributed by atoms with Crippen molar-refractivity contribution in [3.63, 3.8) is 0 Å². The summed E-state index contributed by atoms with van der Waals surface area (Å²) in [7, 11) is -2.70. The molecule has 0 spiro atoms. The summed E-state index contributed by atoms with van der Waals surface area (Å²) < 4.78 is 28.6. The second kappa shape index (κ2) is 6.92. The van der Waals surface area contributed by atoms with Crippen LogP contribution in [0.25, 0.3) is 0 Å². The number of nitrogens with zero attached hydrogens (tertiary/aromatic N) is 3. The molecule has 1 N–H and O–H groups in total. The van der Waals surface area contributed by atoms with Gasteiger partial charge in [0.1, 0.15) is 15.6 Å². The van der Waals surface area contributed by atoms with Crippen LogP contribution >= 0.6 is 22.9 Å². The van der Waals surface area contributed by atoms with Crippen LogP contribution in [-0.2, 0) is 33.1 Å². The lowest BCUT2D eigenvalue weighted by molar-refractivity contribution is -0.156. The van der Waals surface area contributed by atoms with E-state index in [1.54, 1.807) is 6.92 Å². The summed E-state index contributed by atoms with van der Waals surface area (Å²) in [6, 6.07) is 1.84. The Morgan fingerprint density at radius 1 is 1.44 bits per heavy atom. The van der Waals surface area contributed by atoms with Crippen LogP contribution in [0, 0.1) is 6.92 Å². The van der Waals surface area contributed by atoms with Crippen molar-refractivity contribution in [2.45, 2.75) is 37.1 Å². The van der Waals surface area contributed by atoms with Gasteiger partial charge in [-0.2, -0.15) is 16.4 Å². The number of aromatic nitrogens is 2. The van der Waals surface area contributed by atoms with Crippen molar-refractivity contribution in [2.75, 3.05) is 6.54 Å². The van der Waals surface area contributed by atoms with Gasteiger partial charge in [0.15, 0.2) is 0 Å². The molecule has 0 radical (unpaired) electrons. The molecule has 0 bridgehead atoms. The van der Waals surface area contributed by atoms with Crippen LogP contribution in [0.15, 0.2) is 21.7 Å². The van der Waals surface area contributed by atoms with Crippen molar-refractivity contribution in [1.82, 2.24) is 19.4 Å². The Hall–Kier alpha value is -1.91. The van der Waals surface area contributed by atoms with Crippen LogP contribution in [0.2, 0.25) is 5.15 Å². The highest BCUT2D eigenvalue weighted by Gasteiger charge is 2.50. The molecule has 146 valence electrons. The first-order valence-electron chi connectivity index (χ1n) is 8.14. The van der Waals surface area contributed by atoms with Gasteiger partial charge >= 0.3 is 0 Å². The molecule has 8 nitrogen and oxygen atoms in total. The van der Waals surface area contributed by atoms with Gasteiger partial charge in [0.2, 0.25) is 5.91 Å². The molecule has 1 saturated heterocycles. The lowest BCUT2D eigenvalue weighted by Crippen LogP contribution is -2.68. The van der Waals surface area contributed by atoms with Crippen molar-refractivity contribution in [3.05, 3.63) is 33.2 Å². The first-order chi connectivity index (χ1) is 12.6. The zero-order valence-electron chi connectivity index (χ0n) is 15.0. The molecule has 3 heterocycles. The van der Waals surface area contributed by atoms with E-state index in [0.717, 1.165) is 5.56 Å². The van der Waals surface area contributed by atoms with E-state index in [-0.39, 0.29) is 28.1 Å². The lowest BCUT2D eigenvalue weighted by atomic mass is 9.85. The average Bonchev–Trinajstić information content (AvgIpc) is 3.13. The van der Waals surface area contributed by atoms with Gasteiger partial charge in [0.05, 0.1) is 12.1 Å². The van der Waals surface area contributed by atoms with Crippen LogP contribution in [0.3, 0.4) is 0 Å². The van der Waals surface area contributed by atoms with E-state index in [2.05, 4.69) is 9.82 Å². The molecule has 1 aliphatic rings. The molecule has 1 aliphatic heterocycles. The molecular formula is C16H19ClN4O4S2. The molecule has 1 atom stereocenters. The van der Waals surface area contributed by atoms with Gasteiger partial charge in [-0.1, -0.05) is 11.6 Å². The Balaban J connectivity index is 1.77. The predicted molar refractivity (Wildman–Crippen MR) is 101 cm³/mol. The molecule has 0 aromatic carbocycles. The number of sulfonamides is 1. The molecule has 1 unspecified atom stereocenters. The topological polar surface area (TPSA) is 101 Å². The van der Waals surface area contributed by atoms with Crippen LogP contribution in [0.5, 0.6) is 0 Å². The number of nitrogens with one attached hydrogen (secondary N) is 1. The zero-order chi connectivity index (χ0) is 20.0. The maximum Gasteiger partial charge on any atom is 0.269 e. The largest absolute Gasteiger partial charge is 0.328 e. The second-order valence-electron chi connectivity index (χ2n) is 6.64. The third-order valence-corrected chi connectivity index (χ3v) is 7.50. The Morgan fingerprint density at radius 3 is 2.63 bits per heavy atom. The van der Waals surface area contributed by atoms with Crippen molar-refractivity contribution in [2.24, 2.45) is 7.05 Å². The van der Waals surface area contributed by atoms with Crippen molar-refractivity contribution in [3.8, 4) is 0 Å². The first-order valence-corrected chi connectivity index (χ1v) is 10.9. The van der Waals surface area contributed by atoms with Crippen LogP contribution in [0.4, 0.5) is 0 Å². The number of halogens is 1. The van der Waals surface area contributed by atoms with E-state index >= 15 is 0 Å². The van der Waals surface area contributed by atoms with Gasteiger partial charge < -0.3 is 4.90 Å². The zero-order valence-corrected chi connectivity index (χ0v) is 17.4. The number of hydrogen-bond donors (Lipinski definition) is 1. The summed E-state index contributed by atoms with van der Waals surface area (Å²) in [6.07, 6.45) is 0.552. The molecule has 27 heavy (non-hydrogen) atoms. The summed E-state index contributed by atoms with van der Waals surface area (Å²) in [6.45, 7) is 3.46. The normalized spacial score (nSPS) is 19.6. The molecule has 2 amide bonds. The van der Waals surface area contributed by atoms with Crippen molar-refractivity contribution < 1.29 is 18.0 Å². The Kier molecular flexibility index (Phi) is 5.08. The first kappa shape index (κ1) is 19.8. The number of carbonyl (C=O) groups excluding carboxylic acids is 2. The van der Waals surface area contributed by atoms with Gasteiger partial charge in [-0.15, -0.1) is 0 Å². The van der Waals surface area contributed by atoms with Crippen LogP contribution in [-0.4, -0.2) is 47.0 Å². The third-order valence-electron chi connectivity index (χ3n) is 4.74. The van der Waals surface area contributed by atoms with Gasteiger partial charge in [-0.05, 0) is 42.7 Å². The molecule has 0 aliphatic carbocycles. The van der Waals surface area contributed by atoms with E-state index < -0.39 is 21.5 Å². The number of rotatable bonds is 5. The number of aryl methyl sites for hydroxylation is 2. The highest BCUT2D eigenvalue weighted by Crippen LogP contribution is 2.32. The highest BCUT2D eigenvalue weighted by atomic mass is 35.5. The SMILES string of the molecule is Cc1nn(C)c(Cl)c1S(=O)(=O)NC(=O)C1(C)CCN1C(=O)Cc1ccsc1. The van der Waals surface area contributed by atoms with E-state index in [4.69, 9.17) is 11.6 Å². The van der Waals surface area contributed by atoms with E-state index in [1.807, 2.05) is 16.8 Å². The number of likely N-dealkylation sites (tertiary alicyclic amines) is 1. The molecule has 11 heteroatoms. The standard InChI is InChI=1S/C16H19ClN4O4S2/c1-10-13(14(17)20(3)18-10)27(24,25)19-15(23)16(2)5-6-21(16)12(22)8-11-4-7-26-9-11/h4,7,9H,5-6,8H2,1-3H3,(H,19,23). The quantitative estimate of drug-likeness (QED) is 0.774. The molecule has 0 saturated carbocycles. The number of amides is 2. The van der Waals surface area contributed by atoms with Crippen LogP contribution in [0.1, 0.15) is 24.6 Å². The maximum atomic E-state index is 12.7. The summed E-state index contributed by atoms with van der Waals surface area (Å²) in [4.78, 5) is 26.4. The summed E-state index contributed by atoms with van der Waals surface area (Å²) in [5, 5.41) is 7.61. The fourth-order valence-electron chi connectivity index (χ4n) is 3.06. The fourth-order valence-corrected chi connectivity index (χ4v) is 5.55. The minimum atomic E-state index is -4.21. The highest BCUT2D eigenvalue weighted by molar-refractivity contribution is 7.90. The van der Waals surface area contributed by atoms with E-state index in [9.17, 15) is 18.0 Å². The van der Waals surface area contributed by atoms with Gasteiger partial charge in [-0.3, -0.25) is 14.3 Å². The monoisotopic (exact) mass is 430 g/mol. The van der Waals surface area contributed by atoms with Crippen molar-refractivity contribution in [1.29, 1.82) is 0 Å². The maximum absolute atomic E-state index is 12.7. The van der Waals surface area contributed by atoms with E-state index in [0.29, 0.717) is 13.0 Å². The number of carbonyl (C=O) groups is 2. The minimum Gasteiger partial charge on any atom is -0.328 e. The molecule has 1 fully saturated rings. The molecular weight excluding hydrogens is 412 g/mol. The lowest BCUT2D eigenvalue weighted by Gasteiger charge is -2.48.